The Kier molecular flexibility index (Phi) is 15.2. The van der Waals surface area contributed by atoms with Gasteiger partial charge < -0.3 is 20.2 Å². The summed E-state index contributed by atoms with van der Waals surface area (Å²) in [6, 6.07) is 16.3. The van der Waals surface area contributed by atoms with E-state index in [0.717, 1.165) is 79.4 Å². The van der Waals surface area contributed by atoms with Crippen molar-refractivity contribution in [1.82, 2.24) is 24.9 Å². The summed E-state index contributed by atoms with van der Waals surface area (Å²) in [6.45, 7) is 10.7. The molecule has 0 aromatic heterocycles. The summed E-state index contributed by atoms with van der Waals surface area (Å²) in [6.07, 6.45) is 7.88. The molecule has 4 aliphatic rings. The zero-order valence-electron chi connectivity index (χ0n) is 36.3. The quantitative estimate of drug-likeness (QED) is 0.133. The fraction of sp³-hybridized carbons (Fsp3) is 0.510. The second-order valence-corrected chi connectivity index (χ2v) is 17.1. The molecule has 2 N–H and O–H groups in total. The molecule has 61 heavy (non-hydrogen) atoms. The number of likely N-dealkylation sites (N-methyl/N-ethyl adjacent to an activating group) is 2. The van der Waals surface area contributed by atoms with E-state index in [-0.39, 0.29) is 53.2 Å². The number of hydrogen-bond donors (Lipinski definition) is 2. The summed E-state index contributed by atoms with van der Waals surface area (Å²) >= 11 is 0. The van der Waals surface area contributed by atoms with Crippen LogP contribution in [0.15, 0.2) is 67.3 Å². The lowest BCUT2D eigenvalue weighted by Gasteiger charge is -2.46. The number of piperidine rings is 1. The highest BCUT2D eigenvalue weighted by molar-refractivity contribution is 6.03. The van der Waals surface area contributed by atoms with Gasteiger partial charge in [-0.2, -0.15) is 0 Å². The molecular weight excluding hydrogens is 777 g/mol. The Morgan fingerprint density at radius 3 is 2.21 bits per heavy atom. The van der Waals surface area contributed by atoms with Crippen molar-refractivity contribution in [3.63, 3.8) is 0 Å². The lowest BCUT2D eigenvalue weighted by molar-refractivity contribution is -0.135. The van der Waals surface area contributed by atoms with Crippen LogP contribution < -0.4 is 5.32 Å². The average molecular weight is 840 g/mol. The van der Waals surface area contributed by atoms with Crippen LogP contribution in [0.3, 0.4) is 0 Å². The van der Waals surface area contributed by atoms with Gasteiger partial charge in [-0.05, 0) is 127 Å². The Balaban J connectivity index is 0.00000307. The number of fused-ring (bicyclic) bond motifs is 2. The number of halogens is 2. The highest BCUT2D eigenvalue weighted by Gasteiger charge is 2.40. The van der Waals surface area contributed by atoms with Gasteiger partial charge in [0.2, 0.25) is 11.8 Å². The Labute approximate surface area is 360 Å². The van der Waals surface area contributed by atoms with Crippen molar-refractivity contribution in [2.75, 3.05) is 46.8 Å². The van der Waals surface area contributed by atoms with E-state index in [1.807, 2.05) is 29.7 Å². The lowest BCUT2D eigenvalue weighted by Crippen LogP contribution is -2.47. The van der Waals surface area contributed by atoms with Crippen LogP contribution in [-0.2, 0) is 29.1 Å². The van der Waals surface area contributed by atoms with Gasteiger partial charge in [-0.25, -0.2) is 8.78 Å². The van der Waals surface area contributed by atoms with E-state index in [9.17, 15) is 33.1 Å². The van der Waals surface area contributed by atoms with Crippen molar-refractivity contribution in [3.05, 3.63) is 112 Å². The molecule has 3 aliphatic heterocycles. The smallest absolute Gasteiger partial charge is 0.255 e. The van der Waals surface area contributed by atoms with E-state index in [1.54, 1.807) is 37.4 Å². The first-order chi connectivity index (χ1) is 29.4. The van der Waals surface area contributed by atoms with E-state index in [1.165, 1.54) is 17.5 Å². The lowest BCUT2D eigenvalue weighted by atomic mass is 9.64. The van der Waals surface area contributed by atoms with Gasteiger partial charge >= 0.3 is 0 Å². The Hall–Kier alpha value is -4.94. The molecule has 2 fully saturated rings. The molecule has 0 bridgehead atoms. The van der Waals surface area contributed by atoms with Crippen molar-refractivity contribution in [2.45, 2.75) is 109 Å². The van der Waals surface area contributed by atoms with Gasteiger partial charge in [0.05, 0.1) is 24.7 Å². The molecule has 10 nitrogen and oxygen atoms in total. The summed E-state index contributed by atoms with van der Waals surface area (Å²) in [5.41, 5.74) is 6.84. The molecule has 3 aromatic rings. The maximum Gasteiger partial charge on any atom is 0.255 e. The topological polar surface area (TPSA) is 113 Å². The number of nitrogens with zero attached hydrogens (tertiary/aromatic N) is 4. The summed E-state index contributed by atoms with van der Waals surface area (Å²) in [7, 11) is 3.11. The molecule has 3 amide bonds. The second-order valence-electron chi connectivity index (χ2n) is 17.1. The number of nitrogens with one attached hydrogen (secondary N) is 1. The molecular formula is C49H63F2N5O5. The first kappa shape index (κ1) is 45.6. The molecule has 1 saturated heterocycles. The Bertz CT molecular complexity index is 2040. The summed E-state index contributed by atoms with van der Waals surface area (Å²) in [5, 5.41) is 12.7. The number of allylic oxidation sites excluding steroid dienone is 1. The van der Waals surface area contributed by atoms with Crippen LogP contribution in [0.5, 0.6) is 5.75 Å². The number of carbonyl (C=O) groups is 4. The maximum atomic E-state index is 13.6. The Morgan fingerprint density at radius 1 is 0.934 bits per heavy atom. The van der Waals surface area contributed by atoms with E-state index in [0.29, 0.717) is 51.1 Å². The number of rotatable bonds is 13. The summed E-state index contributed by atoms with van der Waals surface area (Å²) in [4.78, 5) is 59.3. The van der Waals surface area contributed by atoms with Crippen molar-refractivity contribution >= 4 is 24.0 Å². The highest BCUT2D eigenvalue weighted by Crippen LogP contribution is 2.49. The minimum absolute atomic E-state index is 0.0909. The number of benzene rings is 3. The molecule has 12 heteroatoms. The standard InChI is InChI=1S/C47H57F2N5O5.C2H6/c1-4-5-6-41(45(58)50-2)51(3)46(59)40-25-36-27-52(26-35(36)23-37(40)30-55)29-43(57)53-21-18-47(19-22-53)16-13-32(14-17-47)31-7-9-33(10-8-31)44-39-12-11-38(56)24-34(39)15-20-54(44)28-42(48)49;1-2/h4,7-12,23-25,30,32,41-42,44,56H,1,5-6,13-22,26-29H2,2-3H3,(H,50,58);1-2H3. The van der Waals surface area contributed by atoms with Gasteiger partial charge in [0, 0.05) is 52.4 Å². The van der Waals surface area contributed by atoms with Crippen molar-refractivity contribution in [2.24, 2.45) is 5.41 Å². The molecule has 1 saturated carbocycles. The SMILES string of the molecule is C=CCCC(C(=O)NC)N(C)C(=O)c1cc2c(cc1C=O)CN(CC(=O)N1CCC3(CCC(c4ccc(C5c6ccc(O)cc6CCN5CC(F)F)cc4)CC3)CC1)C2.CC. The predicted molar refractivity (Wildman–Crippen MR) is 234 cm³/mol. The largest absolute Gasteiger partial charge is 0.508 e. The van der Waals surface area contributed by atoms with Gasteiger partial charge in [0.25, 0.3) is 12.3 Å². The molecule has 0 radical (unpaired) electrons. The minimum atomic E-state index is -2.43. The highest BCUT2D eigenvalue weighted by atomic mass is 19.3. The number of alkyl halides is 2. The second kappa shape index (κ2) is 20.3. The summed E-state index contributed by atoms with van der Waals surface area (Å²) < 4.78 is 27.2. The van der Waals surface area contributed by atoms with Gasteiger partial charge in [-0.3, -0.25) is 29.0 Å². The van der Waals surface area contributed by atoms with Crippen molar-refractivity contribution < 1.29 is 33.1 Å². The van der Waals surface area contributed by atoms with Crippen LogP contribution in [-0.4, -0.2) is 108 Å². The number of phenolic OH excluding ortho intramolecular Hbond substituents is 1. The van der Waals surface area contributed by atoms with E-state index < -0.39 is 18.4 Å². The molecule has 1 spiro atoms. The molecule has 3 heterocycles. The third kappa shape index (κ3) is 10.2. The molecule has 2 unspecified atom stereocenters. The predicted octanol–water partition coefficient (Wildman–Crippen LogP) is 7.88. The summed E-state index contributed by atoms with van der Waals surface area (Å²) in [5.74, 6) is 0.0388. The zero-order chi connectivity index (χ0) is 43.8. The zero-order valence-corrected chi connectivity index (χ0v) is 36.3. The van der Waals surface area contributed by atoms with Crippen molar-refractivity contribution in [1.29, 1.82) is 0 Å². The number of aldehydes is 1. The third-order valence-electron chi connectivity index (χ3n) is 13.6. The van der Waals surface area contributed by atoms with E-state index >= 15 is 0 Å². The fourth-order valence-corrected chi connectivity index (χ4v) is 10.2. The maximum absolute atomic E-state index is 13.6. The van der Waals surface area contributed by atoms with E-state index in [2.05, 4.69) is 41.1 Å². The Morgan fingerprint density at radius 2 is 1.59 bits per heavy atom. The van der Waals surface area contributed by atoms with Crippen LogP contribution in [0, 0.1) is 5.41 Å². The van der Waals surface area contributed by atoms with Gasteiger partial charge in [-0.1, -0.05) is 50.3 Å². The van der Waals surface area contributed by atoms with Gasteiger partial charge in [-0.15, -0.1) is 6.58 Å². The number of amides is 3. The molecule has 7 rings (SSSR count). The van der Waals surface area contributed by atoms with Crippen LogP contribution in [0.1, 0.15) is 131 Å². The molecule has 328 valence electrons. The van der Waals surface area contributed by atoms with E-state index in [4.69, 9.17) is 0 Å². The van der Waals surface area contributed by atoms with Gasteiger partial charge in [0.15, 0.2) is 6.29 Å². The van der Waals surface area contributed by atoms with Crippen LogP contribution in [0.2, 0.25) is 0 Å². The average Bonchev–Trinajstić information content (AvgIpc) is 3.67. The number of aromatic hydroxyl groups is 1. The first-order valence-electron chi connectivity index (χ1n) is 22.1. The van der Waals surface area contributed by atoms with Crippen LogP contribution >= 0.6 is 0 Å². The number of hydrogen-bond acceptors (Lipinski definition) is 7. The first-order valence-corrected chi connectivity index (χ1v) is 22.1. The van der Waals surface area contributed by atoms with Crippen molar-refractivity contribution in [3.8, 4) is 5.75 Å². The number of phenols is 1. The van der Waals surface area contributed by atoms with Crippen LogP contribution in [0.25, 0.3) is 0 Å². The normalized spacial score (nSPS) is 19.3. The number of carbonyl (C=O) groups excluding carboxylic acids is 4. The fourth-order valence-electron chi connectivity index (χ4n) is 10.2. The minimum Gasteiger partial charge on any atom is -0.508 e. The van der Waals surface area contributed by atoms with Crippen LogP contribution in [0.4, 0.5) is 8.78 Å². The molecule has 2 atom stereocenters. The third-order valence-corrected chi connectivity index (χ3v) is 13.6. The molecule has 1 aliphatic carbocycles. The van der Waals surface area contributed by atoms with Gasteiger partial charge in [0.1, 0.15) is 11.8 Å². The molecule has 3 aromatic carbocycles. The number of likely N-dealkylation sites (tertiary alicyclic amines) is 1. The monoisotopic (exact) mass is 839 g/mol.